The first-order valence-corrected chi connectivity index (χ1v) is 6.93. The Bertz CT molecular complexity index is 585. The van der Waals surface area contributed by atoms with Gasteiger partial charge in [0, 0.05) is 24.4 Å². The van der Waals surface area contributed by atoms with Gasteiger partial charge in [-0.1, -0.05) is 30.3 Å². The molecule has 2 atom stereocenters. The van der Waals surface area contributed by atoms with Gasteiger partial charge in [0.2, 0.25) is 0 Å². The van der Waals surface area contributed by atoms with Crippen LogP contribution in [-0.2, 0) is 6.42 Å². The highest BCUT2D eigenvalue weighted by Crippen LogP contribution is 2.35. The molecule has 1 heterocycles. The molecule has 2 nitrogen and oxygen atoms in total. The molecule has 3 rings (SSSR count). The number of halogens is 1. The molecule has 0 aromatic heterocycles. The maximum atomic E-state index is 13.4. The van der Waals surface area contributed by atoms with Gasteiger partial charge in [0.05, 0.1) is 0 Å². The van der Waals surface area contributed by atoms with E-state index < -0.39 is 0 Å². The van der Waals surface area contributed by atoms with Crippen molar-refractivity contribution in [3.8, 4) is 5.75 Å². The van der Waals surface area contributed by atoms with Crippen molar-refractivity contribution in [2.75, 3.05) is 7.05 Å². The van der Waals surface area contributed by atoms with E-state index in [4.69, 9.17) is 4.74 Å². The first-order chi connectivity index (χ1) is 9.76. The minimum atomic E-state index is -0.214. The van der Waals surface area contributed by atoms with Crippen molar-refractivity contribution in [1.29, 1.82) is 0 Å². The highest BCUT2D eigenvalue weighted by atomic mass is 19.1. The summed E-state index contributed by atoms with van der Waals surface area (Å²) in [4.78, 5) is 0. The Hall–Kier alpha value is -1.87. The topological polar surface area (TPSA) is 21.3 Å². The molecule has 2 aromatic carbocycles. The van der Waals surface area contributed by atoms with Crippen LogP contribution >= 0.6 is 0 Å². The van der Waals surface area contributed by atoms with E-state index in [2.05, 4.69) is 17.4 Å². The number of fused-ring (bicyclic) bond motifs is 1. The molecule has 0 fully saturated rings. The van der Waals surface area contributed by atoms with Crippen molar-refractivity contribution in [3.63, 3.8) is 0 Å². The normalized spacial score (nSPS) is 21.1. The summed E-state index contributed by atoms with van der Waals surface area (Å²) in [6.07, 6.45) is 1.84. The van der Waals surface area contributed by atoms with Crippen LogP contribution in [0.25, 0.3) is 0 Å². The monoisotopic (exact) mass is 271 g/mol. The summed E-state index contributed by atoms with van der Waals surface area (Å²) in [5.74, 6) is 0.576. The number of benzene rings is 2. The van der Waals surface area contributed by atoms with Gasteiger partial charge in [-0.05, 0) is 30.8 Å². The Morgan fingerprint density at radius 2 is 2.00 bits per heavy atom. The average molecular weight is 271 g/mol. The van der Waals surface area contributed by atoms with Gasteiger partial charge in [-0.25, -0.2) is 4.39 Å². The lowest BCUT2D eigenvalue weighted by Gasteiger charge is -2.32. The summed E-state index contributed by atoms with van der Waals surface area (Å²) >= 11 is 0. The molecule has 0 saturated carbocycles. The summed E-state index contributed by atoms with van der Waals surface area (Å²) in [7, 11) is 1.91. The zero-order chi connectivity index (χ0) is 13.9. The van der Waals surface area contributed by atoms with Gasteiger partial charge >= 0.3 is 0 Å². The van der Waals surface area contributed by atoms with Crippen molar-refractivity contribution < 1.29 is 9.13 Å². The van der Waals surface area contributed by atoms with Crippen LogP contribution in [0.3, 0.4) is 0 Å². The minimum Gasteiger partial charge on any atom is -0.490 e. The SMILES string of the molecule is CNC1CC(Cc2ccccc2)Oc2ccc(F)cc21. The lowest BCUT2D eigenvalue weighted by Crippen LogP contribution is -2.32. The fourth-order valence-corrected chi connectivity index (χ4v) is 2.79. The van der Waals surface area contributed by atoms with Gasteiger partial charge in [0.1, 0.15) is 17.7 Å². The third-order valence-electron chi connectivity index (χ3n) is 3.79. The Morgan fingerprint density at radius 1 is 1.20 bits per heavy atom. The second kappa shape index (κ2) is 5.63. The molecule has 0 aliphatic carbocycles. The summed E-state index contributed by atoms with van der Waals surface area (Å²) in [5.41, 5.74) is 2.18. The number of hydrogen-bond donors (Lipinski definition) is 1. The second-order valence-electron chi connectivity index (χ2n) is 5.19. The van der Waals surface area contributed by atoms with Crippen molar-refractivity contribution >= 4 is 0 Å². The predicted octanol–water partition coefficient (Wildman–Crippen LogP) is 3.48. The van der Waals surface area contributed by atoms with E-state index in [-0.39, 0.29) is 18.0 Å². The summed E-state index contributed by atoms with van der Waals surface area (Å²) in [6.45, 7) is 0. The van der Waals surface area contributed by atoms with E-state index in [1.165, 1.54) is 11.6 Å². The van der Waals surface area contributed by atoms with Crippen LogP contribution < -0.4 is 10.1 Å². The molecule has 20 heavy (non-hydrogen) atoms. The molecular weight excluding hydrogens is 253 g/mol. The van der Waals surface area contributed by atoms with Crippen molar-refractivity contribution in [2.45, 2.75) is 25.0 Å². The third kappa shape index (κ3) is 2.68. The maximum Gasteiger partial charge on any atom is 0.124 e. The van der Waals surface area contributed by atoms with Gasteiger partial charge in [-0.2, -0.15) is 0 Å². The first kappa shape index (κ1) is 13.1. The van der Waals surface area contributed by atoms with E-state index in [1.807, 2.05) is 25.2 Å². The molecule has 1 aliphatic rings. The molecule has 0 bridgehead atoms. The lowest BCUT2D eigenvalue weighted by molar-refractivity contribution is 0.151. The highest BCUT2D eigenvalue weighted by molar-refractivity contribution is 5.38. The predicted molar refractivity (Wildman–Crippen MR) is 77.4 cm³/mol. The molecule has 1 aliphatic heterocycles. The van der Waals surface area contributed by atoms with E-state index in [1.54, 1.807) is 12.1 Å². The van der Waals surface area contributed by atoms with Crippen LogP contribution in [0.15, 0.2) is 48.5 Å². The molecule has 0 saturated heterocycles. The molecule has 3 heteroatoms. The van der Waals surface area contributed by atoms with E-state index in [9.17, 15) is 4.39 Å². The molecule has 2 aromatic rings. The number of rotatable bonds is 3. The molecule has 0 amide bonds. The van der Waals surface area contributed by atoms with Crippen LogP contribution in [0.5, 0.6) is 5.75 Å². The molecule has 104 valence electrons. The van der Waals surface area contributed by atoms with Crippen LogP contribution in [0.2, 0.25) is 0 Å². The zero-order valence-electron chi connectivity index (χ0n) is 11.5. The smallest absolute Gasteiger partial charge is 0.124 e. The largest absolute Gasteiger partial charge is 0.490 e. The van der Waals surface area contributed by atoms with Crippen LogP contribution in [0.1, 0.15) is 23.6 Å². The van der Waals surface area contributed by atoms with E-state index in [0.29, 0.717) is 0 Å². The van der Waals surface area contributed by atoms with E-state index >= 15 is 0 Å². The number of ether oxygens (including phenoxy) is 1. The van der Waals surface area contributed by atoms with Gasteiger partial charge in [0.25, 0.3) is 0 Å². The Balaban J connectivity index is 1.82. The molecule has 0 spiro atoms. The summed E-state index contributed by atoms with van der Waals surface area (Å²) in [6, 6.07) is 15.2. The highest BCUT2D eigenvalue weighted by Gasteiger charge is 2.27. The minimum absolute atomic E-state index is 0.118. The van der Waals surface area contributed by atoms with Gasteiger partial charge in [-0.15, -0.1) is 0 Å². The number of hydrogen-bond acceptors (Lipinski definition) is 2. The molecule has 2 unspecified atom stereocenters. The third-order valence-corrected chi connectivity index (χ3v) is 3.79. The second-order valence-corrected chi connectivity index (χ2v) is 5.19. The summed E-state index contributed by atoms with van der Waals surface area (Å²) < 4.78 is 19.4. The van der Waals surface area contributed by atoms with Crippen molar-refractivity contribution in [3.05, 3.63) is 65.5 Å². The van der Waals surface area contributed by atoms with Crippen molar-refractivity contribution in [2.24, 2.45) is 0 Å². The Kier molecular flexibility index (Phi) is 3.70. The van der Waals surface area contributed by atoms with E-state index in [0.717, 1.165) is 24.2 Å². The quantitative estimate of drug-likeness (QED) is 0.922. The standard InChI is InChI=1S/C17H18FNO/c1-19-16-11-14(9-12-5-3-2-4-6-12)20-17-8-7-13(18)10-15(16)17/h2-8,10,14,16,19H,9,11H2,1H3. The van der Waals surface area contributed by atoms with Gasteiger partial charge < -0.3 is 10.1 Å². The maximum absolute atomic E-state index is 13.4. The Morgan fingerprint density at radius 3 is 2.75 bits per heavy atom. The lowest BCUT2D eigenvalue weighted by atomic mass is 9.93. The molecule has 0 radical (unpaired) electrons. The first-order valence-electron chi connectivity index (χ1n) is 6.93. The number of nitrogens with one attached hydrogen (secondary N) is 1. The fraction of sp³-hybridized carbons (Fsp3) is 0.294. The van der Waals surface area contributed by atoms with Crippen LogP contribution in [0.4, 0.5) is 4.39 Å². The van der Waals surface area contributed by atoms with Crippen LogP contribution in [0, 0.1) is 5.82 Å². The average Bonchev–Trinajstić information content (AvgIpc) is 2.48. The fourth-order valence-electron chi connectivity index (χ4n) is 2.79. The Labute approximate surface area is 118 Å². The zero-order valence-corrected chi connectivity index (χ0v) is 11.5. The van der Waals surface area contributed by atoms with Gasteiger partial charge in [0.15, 0.2) is 0 Å². The van der Waals surface area contributed by atoms with Gasteiger partial charge in [-0.3, -0.25) is 0 Å². The molecule has 1 N–H and O–H groups in total. The summed E-state index contributed by atoms with van der Waals surface area (Å²) in [5, 5.41) is 3.26. The van der Waals surface area contributed by atoms with Crippen LogP contribution in [-0.4, -0.2) is 13.2 Å². The van der Waals surface area contributed by atoms with Crippen molar-refractivity contribution in [1.82, 2.24) is 5.32 Å². The molecular formula is C17H18FNO.